The summed E-state index contributed by atoms with van der Waals surface area (Å²) in [5.74, 6) is -1.31. The van der Waals surface area contributed by atoms with Gasteiger partial charge in [0.05, 0.1) is 5.56 Å². The summed E-state index contributed by atoms with van der Waals surface area (Å²) >= 11 is 3.34. The molecule has 1 heterocycles. The molecule has 2 aromatic rings. The molecule has 3 rings (SSSR count). The van der Waals surface area contributed by atoms with Gasteiger partial charge in [-0.1, -0.05) is 15.9 Å². The fourth-order valence-electron chi connectivity index (χ4n) is 2.56. The summed E-state index contributed by atoms with van der Waals surface area (Å²) in [6, 6.07) is 5.54. The molecule has 0 aliphatic carbocycles. The van der Waals surface area contributed by atoms with Gasteiger partial charge in [-0.3, -0.25) is 4.79 Å². The van der Waals surface area contributed by atoms with Crippen LogP contribution in [-0.4, -0.2) is 5.91 Å². The highest BCUT2D eigenvalue weighted by Gasteiger charge is 2.32. The SMILES string of the molecule is Cc1c(Br)ccc2c1C(=Cc1cc(C(F)(F)F)ccc1F)C(=O)N2. The largest absolute Gasteiger partial charge is 0.416 e. The topological polar surface area (TPSA) is 29.1 Å². The molecule has 0 unspecified atom stereocenters. The number of amides is 1. The second kappa shape index (κ2) is 5.73. The Labute approximate surface area is 143 Å². The average molecular weight is 400 g/mol. The first-order valence-corrected chi connectivity index (χ1v) is 7.67. The van der Waals surface area contributed by atoms with E-state index in [1.165, 1.54) is 0 Å². The normalized spacial score (nSPS) is 15.6. The van der Waals surface area contributed by atoms with Crippen molar-refractivity contribution in [2.45, 2.75) is 13.1 Å². The zero-order valence-electron chi connectivity index (χ0n) is 12.3. The smallest absolute Gasteiger partial charge is 0.321 e. The summed E-state index contributed by atoms with van der Waals surface area (Å²) in [5, 5.41) is 2.63. The van der Waals surface area contributed by atoms with Crippen molar-refractivity contribution in [3.05, 3.63) is 62.9 Å². The summed E-state index contributed by atoms with van der Waals surface area (Å²) in [6.45, 7) is 1.76. The maximum Gasteiger partial charge on any atom is 0.416 e. The van der Waals surface area contributed by atoms with Crippen LogP contribution in [-0.2, 0) is 11.0 Å². The molecule has 0 saturated carbocycles. The third kappa shape index (κ3) is 2.84. The molecular weight excluding hydrogens is 390 g/mol. The lowest BCUT2D eigenvalue weighted by molar-refractivity contribution is -0.137. The maximum atomic E-state index is 13.9. The van der Waals surface area contributed by atoms with Crippen molar-refractivity contribution in [3.63, 3.8) is 0 Å². The van der Waals surface area contributed by atoms with Gasteiger partial charge in [0.25, 0.3) is 5.91 Å². The van der Waals surface area contributed by atoms with Crippen molar-refractivity contribution in [1.82, 2.24) is 0 Å². The highest BCUT2D eigenvalue weighted by atomic mass is 79.9. The van der Waals surface area contributed by atoms with E-state index in [0.29, 0.717) is 23.4 Å². The zero-order valence-corrected chi connectivity index (χ0v) is 13.8. The van der Waals surface area contributed by atoms with Crippen molar-refractivity contribution in [3.8, 4) is 0 Å². The minimum Gasteiger partial charge on any atom is -0.321 e. The number of rotatable bonds is 1. The Hall–Kier alpha value is -2.15. The highest BCUT2D eigenvalue weighted by Crippen LogP contribution is 2.39. The van der Waals surface area contributed by atoms with E-state index in [9.17, 15) is 22.4 Å². The molecule has 1 aliphatic heterocycles. The number of hydrogen-bond acceptors (Lipinski definition) is 1. The Morgan fingerprint density at radius 2 is 1.88 bits per heavy atom. The van der Waals surface area contributed by atoms with Gasteiger partial charge in [-0.2, -0.15) is 13.2 Å². The Morgan fingerprint density at radius 3 is 2.54 bits per heavy atom. The first-order chi connectivity index (χ1) is 11.2. The fourth-order valence-corrected chi connectivity index (χ4v) is 2.90. The van der Waals surface area contributed by atoms with Crippen LogP contribution in [0.15, 0.2) is 34.8 Å². The predicted molar refractivity (Wildman–Crippen MR) is 86.8 cm³/mol. The molecule has 1 amide bonds. The molecule has 0 atom stereocenters. The molecule has 7 heteroatoms. The molecule has 0 radical (unpaired) electrons. The molecule has 24 heavy (non-hydrogen) atoms. The van der Waals surface area contributed by atoms with Crippen LogP contribution in [0.3, 0.4) is 0 Å². The number of halogens is 5. The lowest BCUT2D eigenvalue weighted by Crippen LogP contribution is -2.06. The van der Waals surface area contributed by atoms with E-state index in [-0.39, 0.29) is 11.1 Å². The van der Waals surface area contributed by atoms with E-state index in [2.05, 4.69) is 21.2 Å². The first kappa shape index (κ1) is 16.7. The van der Waals surface area contributed by atoms with E-state index in [4.69, 9.17) is 0 Å². The molecule has 124 valence electrons. The second-order valence-corrected chi connectivity index (χ2v) is 6.20. The lowest BCUT2D eigenvalue weighted by Gasteiger charge is -2.09. The summed E-state index contributed by atoms with van der Waals surface area (Å²) in [5.41, 5.74) is 0.694. The van der Waals surface area contributed by atoms with Gasteiger partial charge in [-0.05, 0) is 48.9 Å². The number of nitrogens with one attached hydrogen (secondary N) is 1. The van der Waals surface area contributed by atoms with Crippen molar-refractivity contribution in [2.75, 3.05) is 5.32 Å². The van der Waals surface area contributed by atoms with Crippen LogP contribution in [0.5, 0.6) is 0 Å². The third-order valence-corrected chi connectivity index (χ3v) is 4.64. The van der Waals surface area contributed by atoms with Crippen LogP contribution in [0.1, 0.15) is 22.3 Å². The Balaban J connectivity index is 2.18. The van der Waals surface area contributed by atoms with Gasteiger partial charge in [-0.15, -0.1) is 0 Å². The summed E-state index contributed by atoms with van der Waals surface area (Å²) in [7, 11) is 0. The molecule has 1 N–H and O–H groups in total. The van der Waals surface area contributed by atoms with Crippen LogP contribution in [0.2, 0.25) is 0 Å². The predicted octanol–water partition coefficient (Wildman–Crippen LogP) is 5.41. The molecule has 0 bridgehead atoms. The van der Waals surface area contributed by atoms with E-state index >= 15 is 0 Å². The van der Waals surface area contributed by atoms with Crippen molar-refractivity contribution < 1.29 is 22.4 Å². The number of carbonyl (C=O) groups excluding carboxylic acids is 1. The third-order valence-electron chi connectivity index (χ3n) is 3.78. The molecule has 0 fully saturated rings. The minimum absolute atomic E-state index is 0.127. The van der Waals surface area contributed by atoms with Crippen LogP contribution in [0.4, 0.5) is 23.2 Å². The Kier molecular flexibility index (Phi) is 3.99. The van der Waals surface area contributed by atoms with Crippen LogP contribution < -0.4 is 5.32 Å². The van der Waals surface area contributed by atoms with Crippen LogP contribution >= 0.6 is 15.9 Å². The molecule has 0 saturated heterocycles. The van der Waals surface area contributed by atoms with E-state index in [1.54, 1.807) is 19.1 Å². The van der Waals surface area contributed by atoms with Crippen molar-refractivity contribution in [2.24, 2.45) is 0 Å². The summed E-state index contributed by atoms with van der Waals surface area (Å²) < 4.78 is 53.1. The van der Waals surface area contributed by atoms with Gasteiger partial charge in [0, 0.05) is 26.9 Å². The monoisotopic (exact) mass is 399 g/mol. The maximum absolute atomic E-state index is 13.9. The van der Waals surface area contributed by atoms with Gasteiger partial charge in [-0.25, -0.2) is 4.39 Å². The number of alkyl halides is 3. The number of anilines is 1. The Bertz CT molecular complexity index is 887. The van der Waals surface area contributed by atoms with E-state index in [0.717, 1.165) is 22.2 Å². The van der Waals surface area contributed by atoms with Gasteiger partial charge in [0.1, 0.15) is 5.82 Å². The van der Waals surface area contributed by atoms with E-state index < -0.39 is 23.5 Å². The van der Waals surface area contributed by atoms with Gasteiger partial charge < -0.3 is 5.32 Å². The van der Waals surface area contributed by atoms with Gasteiger partial charge in [0.2, 0.25) is 0 Å². The second-order valence-electron chi connectivity index (χ2n) is 5.34. The van der Waals surface area contributed by atoms with Crippen LogP contribution in [0, 0.1) is 12.7 Å². The number of benzene rings is 2. The Morgan fingerprint density at radius 1 is 1.17 bits per heavy atom. The van der Waals surface area contributed by atoms with Crippen molar-refractivity contribution in [1.29, 1.82) is 0 Å². The van der Waals surface area contributed by atoms with E-state index in [1.807, 2.05) is 0 Å². The minimum atomic E-state index is -4.59. The molecule has 0 aromatic heterocycles. The van der Waals surface area contributed by atoms with Gasteiger partial charge in [0.15, 0.2) is 0 Å². The molecule has 2 aromatic carbocycles. The molecule has 2 nitrogen and oxygen atoms in total. The summed E-state index contributed by atoms with van der Waals surface area (Å²) in [4.78, 5) is 12.2. The number of fused-ring (bicyclic) bond motifs is 1. The number of carbonyl (C=O) groups is 1. The lowest BCUT2D eigenvalue weighted by atomic mass is 9.98. The average Bonchev–Trinajstić information content (AvgIpc) is 2.81. The van der Waals surface area contributed by atoms with Crippen LogP contribution in [0.25, 0.3) is 11.6 Å². The summed E-state index contributed by atoms with van der Waals surface area (Å²) in [6.07, 6.45) is -3.44. The molecule has 1 aliphatic rings. The van der Waals surface area contributed by atoms with Crippen molar-refractivity contribution >= 4 is 39.2 Å². The van der Waals surface area contributed by atoms with Gasteiger partial charge >= 0.3 is 6.18 Å². The first-order valence-electron chi connectivity index (χ1n) is 6.88. The standard InChI is InChI=1S/C17H10BrF4NO/c1-8-12(18)3-5-14-15(8)11(16(24)23-14)7-9-6-10(17(20,21)22)2-4-13(9)19/h2-7H,1H3,(H,23,24). The quantitative estimate of drug-likeness (QED) is 0.504. The molecular formula is C17H10BrF4NO. The fraction of sp³-hybridized carbons (Fsp3) is 0.118. The zero-order chi connectivity index (χ0) is 17.6. The number of hydrogen-bond donors (Lipinski definition) is 1. The highest BCUT2D eigenvalue weighted by molar-refractivity contribution is 9.10. The molecule has 0 spiro atoms.